The minimum absolute atomic E-state index is 0.000630. The number of hydrogen-bond donors (Lipinski definition) is 0. The molecule has 142 valence electrons. The Morgan fingerprint density at radius 2 is 1.96 bits per heavy atom. The predicted octanol–water partition coefficient (Wildman–Crippen LogP) is 4.32. The molecule has 2 aromatic carbocycles. The number of ether oxygens (including phenoxy) is 3. The van der Waals surface area contributed by atoms with Gasteiger partial charge in [0.2, 0.25) is 12.9 Å². The van der Waals surface area contributed by atoms with Crippen molar-refractivity contribution in [2.45, 2.75) is 25.6 Å². The number of nitrogens with zero attached hydrogens (tertiary/aromatic N) is 1. The summed E-state index contributed by atoms with van der Waals surface area (Å²) in [5.74, 6) is 2.23. The highest BCUT2D eigenvalue weighted by Crippen LogP contribution is 2.42. The summed E-state index contributed by atoms with van der Waals surface area (Å²) in [6.45, 7) is 2.74. The first-order valence-corrected chi connectivity index (χ1v) is 10.0. The molecule has 1 aromatic heterocycles. The summed E-state index contributed by atoms with van der Waals surface area (Å²) in [7, 11) is 0. The molecule has 2 aliphatic heterocycles. The maximum absolute atomic E-state index is 13.0. The highest BCUT2D eigenvalue weighted by atomic mass is 32.1. The fraction of sp³-hybridized carbons (Fsp3) is 0.227. The highest BCUT2D eigenvalue weighted by Gasteiger charge is 2.50. The van der Waals surface area contributed by atoms with E-state index in [9.17, 15) is 4.79 Å². The molecule has 0 aliphatic carbocycles. The van der Waals surface area contributed by atoms with Gasteiger partial charge in [-0.05, 0) is 47.7 Å². The lowest BCUT2D eigenvalue weighted by atomic mass is 9.94. The summed E-state index contributed by atoms with van der Waals surface area (Å²) in [6, 6.07) is 17.6. The first-order valence-electron chi connectivity index (χ1n) is 9.15. The van der Waals surface area contributed by atoms with Crippen molar-refractivity contribution < 1.29 is 19.0 Å². The van der Waals surface area contributed by atoms with Crippen LogP contribution in [0.3, 0.4) is 0 Å². The molecule has 2 atom stereocenters. The van der Waals surface area contributed by atoms with Gasteiger partial charge in [0.05, 0.1) is 0 Å². The quantitative estimate of drug-likeness (QED) is 0.606. The van der Waals surface area contributed by atoms with E-state index in [1.165, 1.54) is 0 Å². The van der Waals surface area contributed by atoms with Crippen LogP contribution in [0, 0.1) is 6.92 Å². The highest BCUT2D eigenvalue weighted by molar-refractivity contribution is 7.10. The Morgan fingerprint density at radius 1 is 1.11 bits per heavy atom. The van der Waals surface area contributed by atoms with Gasteiger partial charge in [0.1, 0.15) is 11.8 Å². The number of thiophene rings is 1. The third kappa shape index (κ3) is 2.90. The molecule has 6 heteroatoms. The molecule has 5 rings (SSSR count). The molecule has 3 heterocycles. The van der Waals surface area contributed by atoms with E-state index in [0.29, 0.717) is 6.54 Å². The molecular weight excluding hydrogens is 374 g/mol. The zero-order chi connectivity index (χ0) is 19.1. The van der Waals surface area contributed by atoms with E-state index in [4.69, 9.17) is 14.2 Å². The van der Waals surface area contributed by atoms with Gasteiger partial charge in [-0.15, -0.1) is 11.3 Å². The number of carbonyl (C=O) groups is 1. The van der Waals surface area contributed by atoms with E-state index >= 15 is 0 Å². The van der Waals surface area contributed by atoms with E-state index < -0.39 is 6.10 Å². The smallest absolute Gasteiger partial charge is 0.267 e. The number of likely N-dealkylation sites (tertiary alicyclic amines) is 1. The van der Waals surface area contributed by atoms with Gasteiger partial charge in [0.15, 0.2) is 11.5 Å². The van der Waals surface area contributed by atoms with Crippen LogP contribution in [0.5, 0.6) is 17.2 Å². The number of carbonyl (C=O) groups excluding carboxylic acids is 1. The lowest BCUT2D eigenvalue weighted by Crippen LogP contribution is -2.60. The fourth-order valence-corrected chi connectivity index (χ4v) is 4.49. The van der Waals surface area contributed by atoms with Crippen LogP contribution in [-0.2, 0) is 11.3 Å². The maximum Gasteiger partial charge on any atom is 0.267 e. The van der Waals surface area contributed by atoms with E-state index in [-0.39, 0.29) is 18.7 Å². The third-order valence-electron chi connectivity index (χ3n) is 5.12. The Kier molecular flexibility index (Phi) is 4.20. The molecule has 2 aliphatic rings. The van der Waals surface area contributed by atoms with E-state index in [0.717, 1.165) is 33.3 Å². The van der Waals surface area contributed by atoms with E-state index in [1.54, 1.807) is 11.3 Å². The van der Waals surface area contributed by atoms with Crippen LogP contribution in [0.15, 0.2) is 60.0 Å². The van der Waals surface area contributed by atoms with Crippen molar-refractivity contribution in [1.29, 1.82) is 0 Å². The molecule has 0 N–H and O–H groups in total. The van der Waals surface area contributed by atoms with Crippen molar-refractivity contribution >= 4 is 17.2 Å². The van der Waals surface area contributed by atoms with Gasteiger partial charge in [-0.3, -0.25) is 4.79 Å². The first kappa shape index (κ1) is 17.1. The number of fused-ring (bicyclic) bond motifs is 1. The van der Waals surface area contributed by atoms with Gasteiger partial charge < -0.3 is 19.1 Å². The lowest BCUT2D eigenvalue weighted by Gasteiger charge is -2.46. The zero-order valence-electron chi connectivity index (χ0n) is 15.3. The van der Waals surface area contributed by atoms with Crippen molar-refractivity contribution in [3.63, 3.8) is 0 Å². The summed E-state index contributed by atoms with van der Waals surface area (Å²) >= 11 is 1.64. The number of amides is 1. The molecule has 0 spiro atoms. The number of benzene rings is 2. The van der Waals surface area contributed by atoms with Gasteiger partial charge in [0, 0.05) is 11.4 Å². The summed E-state index contributed by atoms with van der Waals surface area (Å²) in [4.78, 5) is 16.0. The van der Waals surface area contributed by atoms with Crippen molar-refractivity contribution in [3.05, 3.63) is 76.0 Å². The molecule has 0 bridgehead atoms. The number of aryl methyl sites for hydroxylation is 1. The largest absolute Gasteiger partial charge is 0.478 e. The Hall–Kier alpha value is -2.99. The zero-order valence-corrected chi connectivity index (χ0v) is 16.1. The third-order valence-corrected chi connectivity index (χ3v) is 6.06. The average molecular weight is 393 g/mol. The van der Waals surface area contributed by atoms with Crippen LogP contribution in [0.1, 0.15) is 22.0 Å². The van der Waals surface area contributed by atoms with Gasteiger partial charge in [-0.2, -0.15) is 0 Å². The lowest BCUT2D eigenvalue weighted by molar-refractivity contribution is -0.165. The molecule has 1 fully saturated rings. The van der Waals surface area contributed by atoms with Crippen molar-refractivity contribution in [3.8, 4) is 17.2 Å². The number of para-hydroxylation sites is 1. The molecule has 3 aromatic rings. The molecular formula is C22H19NO4S. The molecule has 1 saturated heterocycles. The summed E-state index contributed by atoms with van der Waals surface area (Å²) in [6.07, 6.45) is -0.506. The fourth-order valence-electron chi connectivity index (χ4n) is 3.63. The van der Waals surface area contributed by atoms with Crippen LogP contribution < -0.4 is 14.2 Å². The standard InChI is InChI=1S/C22H19NO4S/c1-14-5-2-3-6-16(14)27-21-20(19-7-4-10-28-19)23(22(21)24)12-15-8-9-17-18(11-15)26-13-25-17/h2-11,20-21H,12-13H2,1H3/t20-,21+/m1/s1. The Labute approximate surface area is 167 Å². The van der Waals surface area contributed by atoms with E-state index in [1.807, 2.05) is 65.7 Å². The summed E-state index contributed by atoms with van der Waals surface area (Å²) in [5.41, 5.74) is 2.03. The maximum atomic E-state index is 13.0. The Morgan fingerprint density at radius 3 is 2.79 bits per heavy atom. The number of rotatable bonds is 5. The van der Waals surface area contributed by atoms with Crippen LogP contribution in [0.2, 0.25) is 0 Å². The van der Waals surface area contributed by atoms with Gasteiger partial charge in [-0.25, -0.2) is 0 Å². The normalized spacial score (nSPS) is 20.2. The van der Waals surface area contributed by atoms with Gasteiger partial charge in [0.25, 0.3) is 5.91 Å². The van der Waals surface area contributed by atoms with Crippen LogP contribution >= 0.6 is 11.3 Å². The number of hydrogen-bond acceptors (Lipinski definition) is 5. The summed E-state index contributed by atoms with van der Waals surface area (Å²) in [5, 5.41) is 2.03. The Bertz CT molecular complexity index is 1020. The second-order valence-electron chi connectivity index (χ2n) is 6.92. The SMILES string of the molecule is Cc1ccccc1O[C@@H]1C(=O)N(Cc2ccc3c(c2)OCO3)[C@@H]1c1cccs1. The Balaban J connectivity index is 1.40. The van der Waals surface area contributed by atoms with Crippen molar-refractivity contribution in [2.24, 2.45) is 0 Å². The van der Waals surface area contributed by atoms with Gasteiger partial charge in [-0.1, -0.05) is 30.3 Å². The molecule has 0 radical (unpaired) electrons. The van der Waals surface area contributed by atoms with Crippen LogP contribution in [0.4, 0.5) is 0 Å². The second-order valence-corrected chi connectivity index (χ2v) is 7.90. The molecule has 0 unspecified atom stereocenters. The summed E-state index contributed by atoms with van der Waals surface area (Å²) < 4.78 is 17.0. The van der Waals surface area contributed by atoms with Gasteiger partial charge >= 0.3 is 0 Å². The van der Waals surface area contributed by atoms with Crippen molar-refractivity contribution in [1.82, 2.24) is 4.90 Å². The minimum Gasteiger partial charge on any atom is -0.478 e. The van der Waals surface area contributed by atoms with Crippen molar-refractivity contribution in [2.75, 3.05) is 6.79 Å². The molecule has 28 heavy (non-hydrogen) atoms. The minimum atomic E-state index is -0.506. The van der Waals surface area contributed by atoms with Crippen LogP contribution in [-0.4, -0.2) is 23.7 Å². The number of β-lactam (4-membered cyclic amide) rings is 1. The predicted molar refractivity (Wildman–Crippen MR) is 106 cm³/mol. The second kappa shape index (κ2) is 6.87. The van der Waals surface area contributed by atoms with E-state index in [2.05, 4.69) is 6.07 Å². The molecule has 5 nitrogen and oxygen atoms in total. The van der Waals surface area contributed by atoms with Crippen LogP contribution in [0.25, 0.3) is 0 Å². The average Bonchev–Trinajstić information content (AvgIpc) is 3.39. The molecule has 0 saturated carbocycles. The topological polar surface area (TPSA) is 48.0 Å². The monoisotopic (exact) mass is 393 g/mol. The first-order chi connectivity index (χ1) is 13.7. The molecule has 1 amide bonds.